The first-order valence-electron chi connectivity index (χ1n) is 7.75. The van der Waals surface area contributed by atoms with Crippen LogP contribution in [0, 0.1) is 0 Å². The van der Waals surface area contributed by atoms with Crippen LogP contribution >= 0.6 is 0 Å². The van der Waals surface area contributed by atoms with Crippen LogP contribution in [0.4, 0.5) is 0 Å². The molecule has 0 spiro atoms. The molecule has 1 N–H and O–H groups in total. The minimum Gasteiger partial charge on any atom is -0.312 e. The van der Waals surface area contributed by atoms with Gasteiger partial charge in [0.25, 0.3) is 0 Å². The summed E-state index contributed by atoms with van der Waals surface area (Å²) in [5.74, 6) is 0.827. The lowest BCUT2D eigenvalue weighted by molar-refractivity contribution is 0.105. The van der Waals surface area contributed by atoms with E-state index in [2.05, 4.69) is 46.4 Å². The topological polar surface area (TPSA) is 58.9 Å². The van der Waals surface area contributed by atoms with Crippen molar-refractivity contribution in [2.45, 2.75) is 58.0 Å². The summed E-state index contributed by atoms with van der Waals surface area (Å²) in [6.07, 6.45) is 4.60. The molecule has 2 rings (SSSR count). The molecule has 1 aliphatic rings. The number of likely N-dealkylation sites (tertiary alicyclic amines) is 1. The molecular formula is C14H28N6. The van der Waals surface area contributed by atoms with E-state index in [-0.39, 0.29) is 5.54 Å². The van der Waals surface area contributed by atoms with E-state index in [1.165, 1.54) is 30.7 Å². The van der Waals surface area contributed by atoms with Crippen LogP contribution in [0.1, 0.15) is 45.9 Å². The lowest BCUT2D eigenvalue weighted by atomic mass is 9.89. The maximum absolute atomic E-state index is 4.33. The molecule has 0 bridgehead atoms. The Bertz CT molecular complexity index is 408. The molecule has 114 valence electrons. The second-order valence-electron chi connectivity index (χ2n) is 6.25. The maximum atomic E-state index is 4.33. The van der Waals surface area contributed by atoms with Gasteiger partial charge in [0, 0.05) is 18.0 Å². The largest absolute Gasteiger partial charge is 0.312 e. The molecule has 0 aliphatic carbocycles. The van der Waals surface area contributed by atoms with E-state index >= 15 is 0 Å². The molecule has 1 atom stereocenters. The lowest BCUT2D eigenvalue weighted by Gasteiger charge is -2.42. The van der Waals surface area contributed by atoms with Crippen LogP contribution in [0.5, 0.6) is 0 Å². The van der Waals surface area contributed by atoms with Crippen molar-refractivity contribution in [2.24, 2.45) is 7.05 Å². The van der Waals surface area contributed by atoms with Gasteiger partial charge in [0.1, 0.15) is 0 Å². The SMILES string of the molecule is CCCNC(Cc1nnn(C)n1)C(C)(C)N1CCCC1. The fourth-order valence-electron chi connectivity index (χ4n) is 2.99. The second kappa shape index (κ2) is 6.63. The summed E-state index contributed by atoms with van der Waals surface area (Å²) in [6, 6.07) is 0.352. The van der Waals surface area contributed by atoms with Crippen molar-refractivity contribution in [1.29, 1.82) is 0 Å². The Morgan fingerprint density at radius 2 is 2.00 bits per heavy atom. The van der Waals surface area contributed by atoms with E-state index in [0.29, 0.717) is 6.04 Å². The van der Waals surface area contributed by atoms with Crippen molar-refractivity contribution in [1.82, 2.24) is 30.4 Å². The first kappa shape index (κ1) is 15.4. The molecule has 0 radical (unpaired) electrons. The van der Waals surface area contributed by atoms with Gasteiger partial charge in [0.2, 0.25) is 0 Å². The summed E-state index contributed by atoms with van der Waals surface area (Å²) in [5, 5.41) is 16.1. The highest BCUT2D eigenvalue weighted by atomic mass is 15.6. The van der Waals surface area contributed by atoms with Crippen LogP contribution in [-0.4, -0.2) is 56.3 Å². The van der Waals surface area contributed by atoms with Crippen molar-refractivity contribution in [3.05, 3.63) is 5.82 Å². The highest BCUT2D eigenvalue weighted by molar-refractivity contribution is 4.99. The summed E-state index contributed by atoms with van der Waals surface area (Å²) in [5.41, 5.74) is 0.116. The Hall–Kier alpha value is -1.01. The molecule has 2 heterocycles. The van der Waals surface area contributed by atoms with Gasteiger partial charge in [0.05, 0.1) is 7.05 Å². The van der Waals surface area contributed by atoms with Crippen molar-refractivity contribution in [2.75, 3.05) is 19.6 Å². The predicted octanol–water partition coefficient (Wildman–Crippen LogP) is 0.995. The normalized spacial score (nSPS) is 18.6. The third-order valence-electron chi connectivity index (χ3n) is 4.35. The van der Waals surface area contributed by atoms with Gasteiger partial charge in [-0.2, -0.15) is 4.80 Å². The Kier molecular flexibility index (Phi) is 5.10. The lowest BCUT2D eigenvalue weighted by Crippen LogP contribution is -2.58. The van der Waals surface area contributed by atoms with Gasteiger partial charge in [-0.15, -0.1) is 10.2 Å². The number of hydrogen-bond donors (Lipinski definition) is 1. The Morgan fingerprint density at radius 3 is 2.55 bits per heavy atom. The van der Waals surface area contributed by atoms with Gasteiger partial charge in [-0.25, -0.2) is 0 Å². The molecule has 0 saturated carbocycles. The smallest absolute Gasteiger partial charge is 0.176 e. The Morgan fingerprint density at radius 1 is 1.30 bits per heavy atom. The molecule has 6 heteroatoms. The fourth-order valence-corrected chi connectivity index (χ4v) is 2.99. The van der Waals surface area contributed by atoms with E-state index in [1.54, 1.807) is 0 Å². The molecular weight excluding hydrogens is 252 g/mol. The third-order valence-corrected chi connectivity index (χ3v) is 4.35. The number of aromatic nitrogens is 4. The van der Waals surface area contributed by atoms with Crippen LogP contribution in [-0.2, 0) is 13.5 Å². The third kappa shape index (κ3) is 3.55. The van der Waals surface area contributed by atoms with Crippen molar-refractivity contribution >= 4 is 0 Å². The zero-order chi connectivity index (χ0) is 14.6. The molecule has 1 aliphatic heterocycles. The van der Waals surface area contributed by atoms with Crippen molar-refractivity contribution in [3.8, 4) is 0 Å². The summed E-state index contributed by atoms with van der Waals surface area (Å²) >= 11 is 0. The predicted molar refractivity (Wildman–Crippen MR) is 79.5 cm³/mol. The van der Waals surface area contributed by atoms with Gasteiger partial charge < -0.3 is 5.32 Å². The highest BCUT2D eigenvalue weighted by Gasteiger charge is 2.37. The first-order chi connectivity index (χ1) is 9.54. The molecule has 1 aromatic heterocycles. The van der Waals surface area contributed by atoms with E-state index in [1.807, 2.05) is 7.05 Å². The monoisotopic (exact) mass is 280 g/mol. The Balaban J connectivity index is 2.08. The van der Waals surface area contributed by atoms with Crippen LogP contribution in [0.2, 0.25) is 0 Å². The van der Waals surface area contributed by atoms with Crippen molar-refractivity contribution in [3.63, 3.8) is 0 Å². The number of tetrazole rings is 1. The first-order valence-corrected chi connectivity index (χ1v) is 7.75. The summed E-state index contributed by atoms with van der Waals surface area (Å²) in [4.78, 5) is 4.13. The zero-order valence-electron chi connectivity index (χ0n) is 13.3. The van der Waals surface area contributed by atoms with E-state index in [0.717, 1.165) is 25.2 Å². The van der Waals surface area contributed by atoms with Gasteiger partial charge in [-0.05, 0) is 58.0 Å². The average Bonchev–Trinajstić information content (AvgIpc) is 3.05. The quantitative estimate of drug-likeness (QED) is 0.807. The Labute approximate surface area is 121 Å². The average molecular weight is 280 g/mol. The van der Waals surface area contributed by atoms with Gasteiger partial charge in [0.15, 0.2) is 5.82 Å². The van der Waals surface area contributed by atoms with Crippen LogP contribution in [0.3, 0.4) is 0 Å². The zero-order valence-corrected chi connectivity index (χ0v) is 13.3. The highest BCUT2D eigenvalue weighted by Crippen LogP contribution is 2.25. The molecule has 1 unspecified atom stereocenters. The fraction of sp³-hybridized carbons (Fsp3) is 0.929. The maximum Gasteiger partial charge on any atom is 0.176 e. The van der Waals surface area contributed by atoms with Gasteiger partial charge in [-0.1, -0.05) is 6.92 Å². The number of hydrogen-bond acceptors (Lipinski definition) is 5. The molecule has 0 aromatic carbocycles. The van der Waals surface area contributed by atoms with E-state index in [9.17, 15) is 0 Å². The summed E-state index contributed by atoms with van der Waals surface area (Å²) in [6.45, 7) is 10.3. The summed E-state index contributed by atoms with van der Waals surface area (Å²) < 4.78 is 0. The minimum absolute atomic E-state index is 0.116. The van der Waals surface area contributed by atoms with Crippen LogP contribution in [0.25, 0.3) is 0 Å². The van der Waals surface area contributed by atoms with E-state index < -0.39 is 0 Å². The molecule has 6 nitrogen and oxygen atoms in total. The van der Waals surface area contributed by atoms with Crippen molar-refractivity contribution < 1.29 is 0 Å². The molecule has 0 amide bonds. The van der Waals surface area contributed by atoms with Gasteiger partial charge in [-0.3, -0.25) is 4.90 Å². The van der Waals surface area contributed by atoms with Crippen LogP contribution < -0.4 is 5.32 Å². The standard InChI is InChI=1S/C14H28N6/c1-5-8-15-12(11-13-16-18-19(4)17-13)14(2,3)20-9-6-7-10-20/h12,15H,5-11H2,1-4H3. The summed E-state index contributed by atoms with van der Waals surface area (Å²) in [7, 11) is 1.82. The second-order valence-corrected chi connectivity index (χ2v) is 6.25. The van der Waals surface area contributed by atoms with E-state index in [4.69, 9.17) is 0 Å². The van der Waals surface area contributed by atoms with Gasteiger partial charge >= 0.3 is 0 Å². The molecule has 20 heavy (non-hydrogen) atoms. The molecule has 1 aromatic rings. The minimum atomic E-state index is 0.116. The molecule has 1 fully saturated rings. The molecule has 1 saturated heterocycles. The number of aryl methyl sites for hydroxylation is 1. The van der Waals surface area contributed by atoms with Crippen LogP contribution in [0.15, 0.2) is 0 Å². The number of nitrogens with zero attached hydrogens (tertiary/aromatic N) is 5. The number of nitrogens with one attached hydrogen (secondary N) is 1. The number of rotatable bonds is 7.